The van der Waals surface area contributed by atoms with Crippen molar-refractivity contribution in [1.29, 1.82) is 0 Å². The van der Waals surface area contributed by atoms with Gasteiger partial charge in [0.1, 0.15) is 13.7 Å². The zero-order valence-corrected chi connectivity index (χ0v) is 20.0. The Hall–Kier alpha value is -3.72. The number of likely N-dealkylation sites (N-methyl/N-ethyl adjacent to an activating group) is 1. The van der Waals surface area contributed by atoms with E-state index in [2.05, 4.69) is 15.4 Å². The molecule has 0 aliphatic carbocycles. The first-order valence-electron chi connectivity index (χ1n) is 11.2. The van der Waals surface area contributed by atoms with Gasteiger partial charge in [0.15, 0.2) is 17.1 Å². The van der Waals surface area contributed by atoms with E-state index in [1.807, 2.05) is 55.6 Å². The third-order valence-electron chi connectivity index (χ3n) is 5.84. The van der Waals surface area contributed by atoms with Crippen molar-refractivity contribution in [3.8, 4) is 22.8 Å². The third kappa shape index (κ3) is 4.90. The van der Waals surface area contributed by atoms with Crippen LogP contribution in [-0.2, 0) is 11.2 Å². The van der Waals surface area contributed by atoms with Crippen LogP contribution in [0.25, 0.3) is 16.9 Å². The van der Waals surface area contributed by atoms with E-state index in [9.17, 15) is 4.79 Å². The molecule has 4 aromatic rings. The lowest BCUT2D eigenvalue weighted by Crippen LogP contribution is -2.30. The van der Waals surface area contributed by atoms with E-state index >= 15 is 0 Å². The van der Waals surface area contributed by atoms with Crippen LogP contribution in [0.15, 0.2) is 54.7 Å². The molecule has 0 saturated carbocycles. The molecular weight excluding hydrogens is 465 g/mol. The molecular formula is C25H23BClN5O3. The van der Waals surface area contributed by atoms with Crippen molar-refractivity contribution >= 4 is 42.3 Å². The van der Waals surface area contributed by atoms with E-state index in [-0.39, 0.29) is 12.7 Å². The number of nitrogens with one attached hydrogen (secondary N) is 1. The van der Waals surface area contributed by atoms with Gasteiger partial charge in [-0.25, -0.2) is 4.98 Å². The van der Waals surface area contributed by atoms with Crippen molar-refractivity contribution in [3.63, 3.8) is 0 Å². The van der Waals surface area contributed by atoms with Crippen LogP contribution in [-0.4, -0.2) is 60.2 Å². The van der Waals surface area contributed by atoms with Crippen LogP contribution in [0.4, 0.5) is 5.82 Å². The summed E-state index contributed by atoms with van der Waals surface area (Å²) in [5.74, 6) is 2.18. The topological polar surface area (TPSA) is 81.0 Å². The summed E-state index contributed by atoms with van der Waals surface area (Å²) in [6.07, 6.45) is 2.62. The lowest BCUT2D eigenvalue weighted by Gasteiger charge is -2.18. The molecule has 2 radical (unpaired) electrons. The summed E-state index contributed by atoms with van der Waals surface area (Å²) in [5, 5.41) is 8.34. The van der Waals surface area contributed by atoms with Gasteiger partial charge in [0.2, 0.25) is 12.7 Å². The van der Waals surface area contributed by atoms with Gasteiger partial charge in [0.25, 0.3) is 0 Å². The number of benzene rings is 2. The fraction of sp³-hybridized carbons (Fsp3) is 0.240. The predicted molar refractivity (Wildman–Crippen MR) is 136 cm³/mol. The first-order valence-corrected chi connectivity index (χ1v) is 11.6. The Morgan fingerprint density at radius 2 is 2.03 bits per heavy atom. The van der Waals surface area contributed by atoms with Crippen molar-refractivity contribution in [2.75, 3.05) is 32.2 Å². The number of hydrogen-bond acceptors (Lipinski definition) is 6. The second kappa shape index (κ2) is 9.87. The van der Waals surface area contributed by atoms with Crippen LogP contribution in [0.3, 0.4) is 0 Å². The first-order chi connectivity index (χ1) is 17.0. The molecule has 8 nitrogen and oxygen atoms in total. The number of nitrogens with zero attached hydrogens (tertiary/aromatic N) is 4. The Morgan fingerprint density at radius 3 is 2.89 bits per heavy atom. The highest BCUT2D eigenvalue weighted by atomic mass is 35.5. The van der Waals surface area contributed by atoms with Crippen molar-refractivity contribution < 1.29 is 14.3 Å². The number of halogens is 1. The Bertz CT molecular complexity index is 1390. The molecule has 2 aromatic carbocycles. The molecule has 0 fully saturated rings. The van der Waals surface area contributed by atoms with Gasteiger partial charge in [-0.15, -0.1) is 0 Å². The number of carbonyl (C=O) groups is 1. The van der Waals surface area contributed by atoms with Crippen molar-refractivity contribution in [3.05, 3.63) is 65.3 Å². The predicted octanol–water partition coefficient (Wildman–Crippen LogP) is 3.08. The number of carbonyl (C=O) groups excluding carboxylic acids is 1. The van der Waals surface area contributed by atoms with Crippen molar-refractivity contribution in [2.24, 2.45) is 0 Å². The maximum atomic E-state index is 12.7. The van der Waals surface area contributed by atoms with Crippen LogP contribution < -0.4 is 20.3 Å². The minimum Gasteiger partial charge on any atom is -0.454 e. The normalized spacial score (nSPS) is 12.2. The van der Waals surface area contributed by atoms with Gasteiger partial charge in [0.05, 0.1) is 12.1 Å². The lowest BCUT2D eigenvalue weighted by molar-refractivity contribution is -0.129. The number of hydrogen-bond donors (Lipinski definition) is 1. The van der Waals surface area contributed by atoms with Crippen LogP contribution >= 0.6 is 11.6 Å². The fourth-order valence-electron chi connectivity index (χ4n) is 3.93. The van der Waals surface area contributed by atoms with Gasteiger partial charge in [-0.3, -0.25) is 4.79 Å². The molecule has 0 unspecified atom stereocenters. The van der Waals surface area contributed by atoms with E-state index in [0.717, 1.165) is 23.4 Å². The summed E-state index contributed by atoms with van der Waals surface area (Å²) >= 11 is 6.39. The highest BCUT2D eigenvalue weighted by Gasteiger charge is 2.16. The zero-order valence-electron chi connectivity index (χ0n) is 19.2. The number of aromatic nitrogens is 3. The smallest absolute Gasteiger partial charge is 0.231 e. The molecule has 0 bridgehead atoms. The number of amides is 1. The van der Waals surface area contributed by atoms with Gasteiger partial charge in [-0.2, -0.15) is 9.61 Å². The molecule has 1 N–H and O–H groups in total. The Balaban J connectivity index is 1.21. The lowest BCUT2D eigenvalue weighted by atomic mass is 10.0. The van der Waals surface area contributed by atoms with E-state index in [0.29, 0.717) is 52.8 Å². The van der Waals surface area contributed by atoms with E-state index < -0.39 is 0 Å². The Labute approximate surface area is 209 Å². The molecule has 1 aliphatic heterocycles. The largest absolute Gasteiger partial charge is 0.454 e. The molecule has 0 spiro atoms. The highest BCUT2D eigenvalue weighted by molar-refractivity contribution is 6.36. The molecule has 0 atom stereocenters. The summed E-state index contributed by atoms with van der Waals surface area (Å²) in [7, 11) is 7.89. The fourth-order valence-corrected chi connectivity index (χ4v) is 4.16. The zero-order chi connectivity index (χ0) is 24.4. The Kier molecular flexibility index (Phi) is 6.50. The number of fused-ring (bicyclic) bond motifs is 2. The third-order valence-corrected chi connectivity index (χ3v) is 6.17. The SMILES string of the molecule is [B]c1cnn2c(NCCCN(C)C(=O)Cc3ccc4c(c3)OCO4)cc(-c3ccccc3Cl)nc12. The summed E-state index contributed by atoms with van der Waals surface area (Å²) in [6.45, 7) is 1.44. The van der Waals surface area contributed by atoms with Gasteiger partial charge < -0.3 is 19.7 Å². The minimum absolute atomic E-state index is 0.0380. The first kappa shape index (κ1) is 23.0. The summed E-state index contributed by atoms with van der Waals surface area (Å²) in [6, 6.07) is 15.0. The maximum Gasteiger partial charge on any atom is 0.231 e. The molecule has 1 amide bonds. The average molecular weight is 488 g/mol. The summed E-state index contributed by atoms with van der Waals surface area (Å²) in [4.78, 5) is 19.1. The van der Waals surface area contributed by atoms with Crippen LogP contribution in [0, 0.1) is 0 Å². The highest BCUT2D eigenvalue weighted by Crippen LogP contribution is 2.32. The molecule has 0 saturated heterocycles. The molecule has 10 heteroatoms. The van der Waals surface area contributed by atoms with E-state index in [1.54, 1.807) is 15.6 Å². The molecule has 3 heterocycles. The van der Waals surface area contributed by atoms with Gasteiger partial charge in [-0.1, -0.05) is 35.9 Å². The molecule has 2 aromatic heterocycles. The van der Waals surface area contributed by atoms with Gasteiger partial charge in [-0.05, 0) is 35.6 Å². The maximum absolute atomic E-state index is 12.7. The monoisotopic (exact) mass is 487 g/mol. The van der Waals surface area contributed by atoms with Crippen LogP contribution in [0.1, 0.15) is 12.0 Å². The number of anilines is 1. The number of rotatable bonds is 8. The number of ether oxygens (including phenoxy) is 2. The second-order valence-corrected chi connectivity index (χ2v) is 8.71. The van der Waals surface area contributed by atoms with Crippen molar-refractivity contribution in [2.45, 2.75) is 12.8 Å². The molecule has 35 heavy (non-hydrogen) atoms. The van der Waals surface area contributed by atoms with Crippen LogP contribution in [0.5, 0.6) is 11.5 Å². The minimum atomic E-state index is 0.0380. The van der Waals surface area contributed by atoms with Gasteiger partial charge >= 0.3 is 0 Å². The van der Waals surface area contributed by atoms with E-state index in [4.69, 9.17) is 28.9 Å². The molecule has 5 rings (SSSR count). The summed E-state index contributed by atoms with van der Waals surface area (Å²) in [5.41, 5.74) is 3.45. The quantitative estimate of drug-likeness (QED) is 0.304. The van der Waals surface area contributed by atoms with Gasteiger partial charge in [0, 0.05) is 43.0 Å². The standard InChI is InChI=1S/C25H23BClN5O3/c1-31(24(33)12-16-7-8-21-22(11-16)35-15-34-21)10-4-9-28-23-13-20(17-5-2-3-6-19(17)27)30-25-18(26)14-29-32(23)25/h2-3,5-8,11,13-14,28H,4,9-10,12,15H2,1H3. The van der Waals surface area contributed by atoms with Crippen molar-refractivity contribution in [1.82, 2.24) is 19.5 Å². The Morgan fingerprint density at radius 1 is 1.20 bits per heavy atom. The average Bonchev–Trinajstić information content (AvgIpc) is 3.48. The molecule has 1 aliphatic rings. The van der Waals surface area contributed by atoms with E-state index in [1.165, 1.54) is 0 Å². The van der Waals surface area contributed by atoms with Crippen LogP contribution in [0.2, 0.25) is 5.02 Å². The molecule has 176 valence electrons. The second-order valence-electron chi connectivity index (χ2n) is 8.30. The summed E-state index contributed by atoms with van der Waals surface area (Å²) < 4.78 is 12.4.